The van der Waals surface area contributed by atoms with Crippen molar-refractivity contribution in [3.8, 4) is 5.75 Å². The van der Waals surface area contributed by atoms with Gasteiger partial charge in [-0.1, -0.05) is 0 Å². The Hall–Kier alpha value is -1.99. The number of aromatic amines is 1. The van der Waals surface area contributed by atoms with E-state index in [2.05, 4.69) is 15.3 Å². The van der Waals surface area contributed by atoms with E-state index in [-0.39, 0.29) is 6.10 Å². The monoisotopic (exact) mass is 318 g/mol. The van der Waals surface area contributed by atoms with Gasteiger partial charge in [0.2, 0.25) is 4.77 Å². The summed E-state index contributed by atoms with van der Waals surface area (Å²) in [5.74, 6) is 1.02. The van der Waals surface area contributed by atoms with Gasteiger partial charge in [0.05, 0.1) is 6.21 Å². The number of hydrogen-bond donors (Lipinski definition) is 2. The van der Waals surface area contributed by atoms with Crippen LogP contribution in [0.4, 0.5) is 0 Å². The number of hydrogen-bond acceptors (Lipinski definition) is 5. The molecule has 1 aliphatic heterocycles. The van der Waals surface area contributed by atoms with Crippen LogP contribution in [0.1, 0.15) is 41.5 Å². The second kappa shape index (κ2) is 6.02. The highest BCUT2D eigenvalue weighted by atomic mass is 32.1. The number of aryl methyl sites for hydroxylation is 2. The van der Waals surface area contributed by atoms with Crippen molar-refractivity contribution in [1.29, 1.82) is 0 Å². The van der Waals surface area contributed by atoms with Crippen LogP contribution in [0.25, 0.3) is 0 Å². The fourth-order valence-electron chi connectivity index (χ4n) is 2.59. The molecule has 0 unspecified atom stereocenters. The van der Waals surface area contributed by atoms with Crippen molar-refractivity contribution in [3.05, 3.63) is 39.4 Å². The van der Waals surface area contributed by atoms with Crippen molar-refractivity contribution < 1.29 is 9.84 Å². The van der Waals surface area contributed by atoms with E-state index in [9.17, 15) is 5.11 Å². The average molecular weight is 318 g/mol. The number of aromatic nitrogens is 3. The normalized spacial score (nSPS) is 18.4. The number of phenols is 1. The molecule has 1 aromatic carbocycles. The fraction of sp³-hybridized carbons (Fsp3) is 0.400. The molecule has 2 aromatic rings. The molecule has 2 heterocycles. The van der Waals surface area contributed by atoms with Gasteiger partial charge in [-0.15, -0.1) is 0 Å². The molecule has 2 N–H and O–H groups in total. The summed E-state index contributed by atoms with van der Waals surface area (Å²) >= 11 is 5.23. The predicted octanol–water partition coefficient (Wildman–Crippen LogP) is 3.00. The number of H-pyrrole nitrogens is 1. The molecular formula is C15H18N4O2S. The van der Waals surface area contributed by atoms with E-state index in [1.165, 1.54) is 0 Å². The van der Waals surface area contributed by atoms with Crippen LogP contribution in [0.3, 0.4) is 0 Å². The molecule has 0 aliphatic carbocycles. The summed E-state index contributed by atoms with van der Waals surface area (Å²) in [7, 11) is 0. The first kappa shape index (κ1) is 14.9. The molecule has 1 saturated heterocycles. The Labute approximate surface area is 133 Å². The van der Waals surface area contributed by atoms with Crippen molar-refractivity contribution in [2.45, 2.75) is 32.8 Å². The third-order valence-electron chi connectivity index (χ3n) is 3.73. The molecule has 116 valence electrons. The molecule has 1 aliphatic rings. The Bertz CT molecular complexity index is 749. The topological polar surface area (TPSA) is 75.4 Å². The van der Waals surface area contributed by atoms with E-state index in [4.69, 9.17) is 17.0 Å². The van der Waals surface area contributed by atoms with E-state index in [0.29, 0.717) is 16.3 Å². The summed E-state index contributed by atoms with van der Waals surface area (Å²) < 4.78 is 7.68. The molecule has 7 heteroatoms. The Kier molecular flexibility index (Phi) is 4.08. The van der Waals surface area contributed by atoms with Gasteiger partial charge in [-0.3, -0.25) is 5.10 Å². The highest BCUT2D eigenvalue weighted by Crippen LogP contribution is 2.27. The summed E-state index contributed by atoms with van der Waals surface area (Å²) in [5, 5.41) is 21.2. The predicted molar refractivity (Wildman–Crippen MR) is 85.9 cm³/mol. The lowest BCUT2D eigenvalue weighted by atomic mass is 10.1. The van der Waals surface area contributed by atoms with Gasteiger partial charge in [-0.2, -0.15) is 14.9 Å². The number of ether oxygens (including phenoxy) is 1. The second-order valence-corrected chi connectivity index (χ2v) is 5.83. The molecule has 0 bridgehead atoms. The van der Waals surface area contributed by atoms with Crippen molar-refractivity contribution in [1.82, 2.24) is 14.9 Å². The molecule has 1 fully saturated rings. The van der Waals surface area contributed by atoms with Gasteiger partial charge in [0.1, 0.15) is 11.9 Å². The van der Waals surface area contributed by atoms with Gasteiger partial charge in [-0.05, 0) is 67.7 Å². The number of nitrogens with zero attached hydrogens (tertiary/aromatic N) is 3. The Morgan fingerprint density at radius 3 is 2.82 bits per heavy atom. The Morgan fingerprint density at radius 1 is 1.45 bits per heavy atom. The van der Waals surface area contributed by atoms with Crippen LogP contribution in [0.2, 0.25) is 0 Å². The van der Waals surface area contributed by atoms with E-state index in [0.717, 1.165) is 36.1 Å². The molecule has 0 radical (unpaired) electrons. The van der Waals surface area contributed by atoms with E-state index in [1.54, 1.807) is 10.9 Å². The second-order valence-electron chi connectivity index (χ2n) is 5.45. The number of rotatable bonds is 3. The number of phenolic OH excluding ortho intramolecular Hbond substituents is 1. The highest BCUT2D eigenvalue weighted by Gasteiger charge is 2.23. The first-order chi connectivity index (χ1) is 10.6. The van der Waals surface area contributed by atoms with Crippen LogP contribution >= 0.6 is 12.2 Å². The fourth-order valence-corrected chi connectivity index (χ4v) is 2.78. The summed E-state index contributed by atoms with van der Waals surface area (Å²) in [6.45, 7) is 4.46. The molecule has 1 atom stereocenters. The lowest BCUT2D eigenvalue weighted by Gasteiger charge is -2.08. The molecule has 0 amide bonds. The molecular weight excluding hydrogens is 300 g/mol. The maximum absolute atomic E-state index is 9.82. The molecule has 1 aromatic heterocycles. The lowest BCUT2D eigenvalue weighted by Crippen LogP contribution is -2.05. The zero-order valence-corrected chi connectivity index (χ0v) is 13.4. The largest absolute Gasteiger partial charge is 0.507 e. The zero-order chi connectivity index (χ0) is 15.7. The van der Waals surface area contributed by atoms with Gasteiger partial charge in [0, 0.05) is 6.61 Å². The summed E-state index contributed by atoms with van der Waals surface area (Å²) in [6.07, 6.45) is 3.59. The number of nitrogens with one attached hydrogen (secondary N) is 1. The molecule has 0 spiro atoms. The molecule has 6 nitrogen and oxygen atoms in total. The third kappa shape index (κ3) is 2.82. The standard InChI is InChI=1S/C15H18N4O2S/c1-9-6-11(7-10(2)13(9)20)8-16-19-14(17-18-15(19)22)12-4-3-5-21-12/h6-8,12,20H,3-5H2,1-2H3,(H,18,22)/b16-8+/t12-/m0/s1. The summed E-state index contributed by atoms with van der Waals surface area (Å²) in [5.41, 5.74) is 2.53. The Balaban J connectivity index is 1.93. The van der Waals surface area contributed by atoms with E-state index in [1.807, 2.05) is 26.0 Å². The minimum absolute atomic E-state index is 0.0617. The van der Waals surface area contributed by atoms with Gasteiger partial charge in [-0.25, -0.2) is 0 Å². The average Bonchev–Trinajstić information content (AvgIpc) is 3.12. The number of benzene rings is 1. The first-order valence-corrected chi connectivity index (χ1v) is 7.60. The maximum atomic E-state index is 9.82. The van der Waals surface area contributed by atoms with Crippen LogP contribution in [-0.2, 0) is 4.74 Å². The minimum Gasteiger partial charge on any atom is -0.507 e. The summed E-state index contributed by atoms with van der Waals surface area (Å²) in [6, 6.07) is 3.75. The van der Waals surface area contributed by atoms with Gasteiger partial charge in [0.25, 0.3) is 0 Å². The lowest BCUT2D eigenvalue weighted by molar-refractivity contribution is 0.102. The van der Waals surface area contributed by atoms with Crippen molar-refractivity contribution >= 4 is 18.4 Å². The summed E-state index contributed by atoms with van der Waals surface area (Å²) in [4.78, 5) is 0. The quantitative estimate of drug-likeness (QED) is 0.674. The van der Waals surface area contributed by atoms with Crippen LogP contribution in [0.15, 0.2) is 17.2 Å². The highest BCUT2D eigenvalue weighted by molar-refractivity contribution is 7.71. The third-order valence-corrected chi connectivity index (χ3v) is 3.99. The Morgan fingerprint density at radius 2 is 2.18 bits per heavy atom. The van der Waals surface area contributed by atoms with Gasteiger partial charge < -0.3 is 9.84 Å². The van der Waals surface area contributed by atoms with Crippen LogP contribution in [0.5, 0.6) is 5.75 Å². The van der Waals surface area contributed by atoms with Crippen LogP contribution in [-0.4, -0.2) is 32.8 Å². The molecule has 3 rings (SSSR count). The van der Waals surface area contributed by atoms with Crippen LogP contribution in [0, 0.1) is 18.6 Å². The first-order valence-electron chi connectivity index (χ1n) is 7.20. The smallest absolute Gasteiger partial charge is 0.216 e. The maximum Gasteiger partial charge on any atom is 0.216 e. The van der Waals surface area contributed by atoms with Crippen molar-refractivity contribution in [2.24, 2.45) is 5.10 Å². The van der Waals surface area contributed by atoms with E-state index >= 15 is 0 Å². The minimum atomic E-state index is -0.0617. The SMILES string of the molecule is Cc1cc(/C=N/n2c([C@@H]3CCCO3)n[nH]c2=S)cc(C)c1O. The zero-order valence-electron chi connectivity index (χ0n) is 12.5. The van der Waals surface area contributed by atoms with Crippen molar-refractivity contribution in [2.75, 3.05) is 6.61 Å². The van der Waals surface area contributed by atoms with Gasteiger partial charge >= 0.3 is 0 Å². The van der Waals surface area contributed by atoms with E-state index < -0.39 is 0 Å². The molecule has 22 heavy (non-hydrogen) atoms. The molecule has 0 saturated carbocycles. The van der Waals surface area contributed by atoms with Crippen molar-refractivity contribution in [3.63, 3.8) is 0 Å². The number of aromatic hydroxyl groups is 1. The van der Waals surface area contributed by atoms with Gasteiger partial charge in [0.15, 0.2) is 5.82 Å². The van der Waals surface area contributed by atoms with Crippen LogP contribution < -0.4 is 0 Å².